The van der Waals surface area contributed by atoms with Gasteiger partial charge in [-0.25, -0.2) is 0 Å². The standard InChI is InChI=1S/C21H35N7O2.HI/c1-3-22-21(24-10-9-23-19(29)13-17-7-5-4-6-8-17)27-11-12-28(20(30)16-27)18-14-25-26(2)15-18;/h14-15,17H,3-13,16H2,1-2H3,(H,22,24)(H,23,29);1H. The van der Waals surface area contributed by atoms with Gasteiger partial charge in [0.05, 0.1) is 18.4 Å². The van der Waals surface area contributed by atoms with Crippen LogP contribution < -0.4 is 15.5 Å². The van der Waals surface area contributed by atoms with Crippen molar-refractivity contribution < 1.29 is 9.59 Å². The number of guanidine groups is 1. The highest BCUT2D eigenvalue weighted by Gasteiger charge is 2.27. The zero-order chi connectivity index (χ0) is 21.3. The molecule has 9 nitrogen and oxygen atoms in total. The van der Waals surface area contributed by atoms with E-state index in [0.717, 1.165) is 18.2 Å². The highest BCUT2D eigenvalue weighted by atomic mass is 127. The minimum Gasteiger partial charge on any atom is -0.357 e. The number of aromatic nitrogens is 2. The molecule has 174 valence electrons. The third-order valence-corrected chi connectivity index (χ3v) is 5.75. The first-order valence-corrected chi connectivity index (χ1v) is 11.2. The minimum absolute atomic E-state index is 0. The summed E-state index contributed by atoms with van der Waals surface area (Å²) in [6, 6.07) is 0. The van der Waals surface area contributed by atoms with E-state index in [2.05, 4.69) is 20.7 Å². The van der Waals surface area contributed by atoms with E-state index < -0.39 is 0 Å². The Hall–Kier alpha value is -1.85. The predicted octanol–water partition coefficient (Wildman–Crippen LogP) is 1.74. The smallest absolute Gasteiger partial charge is 0.246 e. The maximum Gasteiger partial charge on any atom is 0.246 e. The number of aryl methyl sites for hydroxylation is 1. The molecule has 1 aliphatic carbocycles. The summed E-state index contributed by atoms with van der Waals surface area (Å²) >= 11 is 0. The van der Waals surface area contributed by atoms with Gasteiger partial charge in [0.15, 0.2) is 5.96 Å². The maximum absolute atomic E-state index is 12.6. The molecule has 1 saturated heterocycles. The fourth-order valence-corrected chi connectivity index (χ4v) is 4.18. The number of carbonyl (C=O) groups is 2. The average Bonchev–Trinajstić information content (AvgIpc) is 3.17. The molecule has 0 bridgehead atoms. The molecule has 1 aromatic heterocycles. The molecule has 10 heteroatoms. The molecule has 1 saturated carbocycles. The zero-order valence-electron chi connectivity index (χ0n) is 18.7. The molecule has 0 unspecified atom stereocenters. The van der Waals surface area contributed by atoms with Gasteiger partial charge >= 0.3 is 0 Å². The number of anilines is 1. The van der Waals surface area contributed by atoms with E-state index in [1.807, 2.05) is 25.1 Å². The fraction of sp³-hybridized carbons (Fsp3) is 0.714. The highest BCUT2D eigenvalue weighted by Crippen LogP contribution is 2.26. The van der Waals surface area contributed by atoms with Crippen LogP contribution in [0.4, 0.5) is 5.69 Å². The van der Waals surface area contributed by atoms with E-state index in [0.29, 0.717) is 38.5 Å². The van der Waals surface area contributed by atoms with Crippen molar-refractivity contribution in [2.24, 2.45) is 18.0 Å². The van der Waals surface area contributed by atoms with E-state index in [1.54, 1.807) is 15.8 Å². The molecule has 2 heterocycles. The van der Waals surface area contributed by atoms with E-state index in [1.165, 1.54) is 32.1 Å². The largest absolute Gasteiger partial charge is 0.357 e. The van der Waals surface area contributed by atoms with E-state index in [9.17, 15) is 9.59 Å². The SMILES string of the molecule is CCNC(=NCCNC(=O)CC1CCCCC1)N1CCN(c2cnn(C)c2)C(=O)C1.I. The van der Waals surface area contributed by atoms with Crippen molar-refractivity contribution in [2.75, 3.05) is 44.2 Å². The number of nitrogens with one attached hydrogen (secondary N) is 2. The topological polar surface area (TPSA) is 94.9 Å². The maximum atomic E-state index is 12.6. The van der Waals surface area contributed by atoms with Crippen molar-refractivity contribution >= 4 is 47.4 Å². The van der Waals surface area contributed by atoms with Gasteiger partial charge in [0, 0.05) is 45.8 Å². The summed E-state index contributed by atoms with van der Waals surface area (Å²) in [7, 11) is 1.84. The molecule has 0 atom stereocenters. The second-order valence-corrected chi connectivity index (χ2v) is 8.13. The second kappa shape index (κ2) is 12.9. The highest BCUT2D eigenvalue weighted by molar-refractivity contribution is 14.0. The van der Waals surface area contributed by atoms with Crippen molar-refractivity contribution in [1.82, 2.24) is 25.3 Å². The molecular weight excluding hydrogens is 509 g/mol. The normalized spacial score (nSPS) is 18.0. The lowest BCUT2D eigenvalue weighted by Crippen LogP contribution is -2.55. The molecule has 2 N–H and O–H groups in total. The molecule has 2 fully saturated rings. The number of halogens is 1. The lowest BCUT2D eigenvalue weighted by molar-refractivity contribution is -0.122. The number of rotatable bonds is 7. The fourth-order valence-electron chi connectivity index (χ4n) is 4.18. The van der Waals surface area contributed by atoms with Crippen LogP contribution in [0.2, 0.25) is 0 Å². The molecule has 1 aliphatic heterocycles. The Morgan fingerprint density at radius 3 is 2.65 bits per heavy atom. The molecule has 2 aliphatic rings. The number of piperazine rings is 1. The summed E-state index contributed by atoms with van der Waals surface area (Å²) in [5.41, 5.74) is 0.824. The third-order valence-electron chi connectivity index (χ3n) is 5.75. The number of carbonyl (C=O) groups excluding carboxylic acids is 2. The Labute approximate surface area is 202 Å². The Morgan fingerprint density at radius 2 is 2.00 bits per heavy atom. The number of amides is 2. The van der Waals surface area contributed by atoms with Crippen LogP contribution in [0.3, 0.4) is 0 Å². The van der Waals surface area contributed by atoms with Crippen LogP contribution in [0.1, 0.15) is 45.4 Å². The minimum atomic E-state index is 0. The molecule has 2 amide bonds. The van der Waals surface area contributed by atoms with Crippen molar-refractivity contribution in [3.63, 3.8) is 0 Å². The predicted molar refractivity (Wildman–Crippen MR) is 133 cm³/mol. The van der Waals surface area contributed by atoms with Gasteiger partial charge in [-0.3, -0.25) is 19.3 Å². The van der Waals surface area contributed by atoms with E-state index >= 15 is 0 Å². The molecule has 0 radical (unpaired) electrons. The molecule has 0 aromatic carbocycles. The summed E-state index contributed by atoms with van der Waals surface area (Å²) in [5.74, 6) is 1.42. The lowest BCUT2D eigenvalue weighted by Gasteiger charge is -2.35. The van der Waals surface area contributed by atoms with Gasteiger partial charge in [-0.2, -0.15) is 5.10 Å². The van der Waals surface area contributed by atoms with Crippen LogP contribution in [0.15, 0.2) is 17.4 Å². The van der Waals surface area contributed by atoms with Gasteiger partial charge < -0.3 is 20.4 Å². The van der Waals surface area contributed by atoms with Crippen LogP contribution in [0.5, 0.6) is 0 Å². The van der Waals surface area contributed by atoms with Crippen molar-refractivity contribution in [2.45, 2.75) is 45.4 Å². The van der Waals surface area contributed by atoms with Gasteiger partial charge in [-0.05, 0) is 25.7 Å². The van der Waals surface area contributed by atoms with Gasteiger partial charge in [-0.1, -0.05) is 19.3 Å². The zero-order valence-corrected chi connectivity index (χ0v) is 21.0. The molecule has 1 aromatic rings. The summed E-state index contributed by atoms with van der Waals surface area (Å²) < 4.78 is 1.70. The van der Waals surface area contributed by atoms with Gasteiger partial charge in [0.1, 0.15) is 6.54 Å². The Morgan fingerprint density at radius 1 is 1.23 bits per heavy atom. The first kappa shape index (κ1) is 25.4. The van der Waals surface area contributed by atoms with Gasteiger partial charge in [-0.15, -0.1) is 24.0 Å². The van der Waals surface area contributed by atoms with Crippen LogP contribution >= 0.6 is 24.0 Å². The van der Waals surface area contributed by atoms with Gasteiger partial charge in [0.2, 0.25) is 11.8 Å². The quantitative estimate of drug-likeness (QED) is 0.236. The average molecular weight is 545 g/mol. The van der Waals surface area contributed by atoms with Crippen molar-refractivity contribution in [3.05, 3.63) is 12.4 Å². The number of aliphatic imine (C=N–C) groups is 1. The molecule has 3 rings (SSSR count). The first-order chi connectivity index (χ1) is 14.6. The lowest BCUT2D eigenvalue weighted by atomic mass is 9.87. The summed E-state index contributed by atoms with van der Waals surface area (Å²) in [6.07, 6.45) is 10.4. The van der Waals surface area contributed by atoms with Crippen LogP contribution in [0, 0.1) is 5.92 Å². The van der Waals surface area contributed by atoms with E-state index in [4.69, 9.17) is 0 Å². The van der Waals surface area contributed by atoms with Gasteiger partial charge in [0.25, 0.3) is 0 Å². The summed E-state index contributed by atoms with van der Waals surface area (Å²) in [5, 5.41) is 10.4. The van der Waals surface area contributed by atoms with Crippen molar-refractivity contribution in [3.8, 4) is 0 Å². The third kappa shape index (κ3) is 7.65. The molecule has 0 spiro atoms. The Balaban J connectivity index is 0.00000341. The summed E-state index contributed by atoms with van der Waals surface area (Å²) in [6.45, 7) is 5.31. The first-order valence-electron chi connectivity index (χ1n) is 11.2. The number of nitrogens with zero attached hydrogens (tertiary/aromatic N) is 5. The number of hydrogen-bond donors (Lipinski definition) is 2. The Bertz CT molecular complexity index is 746. The molecule has 31 heavy (non-hydrogen) atoms. The van der Waals surface area contributed by atoms with E-state index in [-0.39, 0.29) is 42.3 Å². The number of hydrogen-bond acceptors (Lipinski definition) is 4. The van der Waals surface area contributed by atoms with Crippen LogP contribution in [-0.2, 0) is 16.6 Å². The second-order valence-electron chi connectivity index (χ2n) is 8.13. The van der Waals surface area contributed by atoms with Crippen LogP contribution in [0.25, 0.3) is 0 Å². The Kier molecular flexibility index (Phi) is 10.6. The monoisotopic (exact) mass is 545 g/mol. The van der Waals surface area contributed by atoms with Crippen molar-refractivity contribution in [1.29, 1.82) is 0 Å². The van der Waals surface area contributed by atoms with Crippen LogP contribution in [-0.4, -0.2) is 71.7 Å². The molecular formula is C21H36IN7O2. The summed E-state index contributed by atoms with van der Waals surface area (Å²) in [4.78, 5) is 33.2.